The van der Waals surface area contributed by atoms with Crippen LogP contribution in [0.25, 0.3) is 0 Å². The normalized spacial score (nSPS) is 11.7. The average molecular weight is 287 g/mol. The second kappa shape index (κ2) is 6.65. The number of carbonyl (C=O) groups is 2. The third kappa shape index (κ3) is 3.65. The van der Waals surface area contributed by atoms with E-state index in [1.165, 1.54) is 6.33 Å². The second-order valence-corrected chi connectivity index (χ2v) is 4.64. The van der Waals surface area contributed by atoms with Gasteiger partial charge in [-0.2, -0.15) is 10.1 Å². The summed E-state index contributed by atoms with van der Waals surface area (Å²) >= 11 is 0. The molecule has 1 unspecified atom stereocenters. The number of hydrogen-bond acceptors (Lipinski definition) is 4. The van der Waals surface area contributed by atoms with Gasteiger partial charge in [-0.15, -0.1) is 0 Å². The van der Waals surface area contributed by atoms with E-state index in [0.717, 1.165) is 12.0 Å². The van der Waals surface area contributed by atoms with Gasteiger partial charge in [-0.3, -0.25) is 14.9 Å². The first-order valence-electron chi connectivity index (χ1n) is 6.68. The maximum atomic E-state index is 11.9. The van der Waals surface area contributed by atoms with Crippen LogP contribution in [0.5, 0.6) is 0 Å². The number of hydrogen-bond donors (Lipinski definition) is 3. The third-order valence-corrected chi connectivity index (χ3v) is 3.21. The van der Waals surface area contributed by atoms with Crippen molar-refractivity contribution >= 4 is 23.5 Å². The first-order chi connectivity index (χ1) is 10.1. The van der Waals surface area contributed by atoms with Crippen LogP contribution in [0.4, 0.5) is 11.6 Å². The summed E-state index contributed by atoms with van der Waals surface area (Å²) < 4.78 is 0. The molecule has 0 radical (unpaired) electrons. The summed E-state index contributed by atoms with van der Waals surface area (Å²) in [6, 6.07) is 7.45. The Labute approximate surface area is 122 Å². The van der Waals surface area contributed by atoms with Crippen molar-refractivity contribution in [1.29, 1.82) is 0 Å². The van der Waals surface area contributed by atoms with Crippen LogP contribution in [0, 0.1) is 0 Å². The maximum Gasteiger partial charge on any atom is 0.316 e. The number of amides is 2. The van der Waals surface area contributed by atoms with Crippen LogP contribution in [-0.4, -0.2) is 27.0 Å². The first-order valence-corrected chi connectivity index (χ1v) is 6.68. The zero-order valence-corrected chi connectivity index (χ0v) is 11.9. The molecule has 0 aliphatic carbocycles. The Hall–Kier alpha value is -2.70. The van der Waals surface area contributed by atoms with E-state index in [1.807, 2.05) is 18.2 Å². The summed E-state index contributed by atoms with van der Waals surface area (Å²) in [5.74, 6) is -1.13. The van der Waals surface area contributed by atoms with E-state index in [4.69, 9.17) is 0 Å². The van der Waals surface area contributed by atoms with Crippen molar-refractivity contribution in [3.8, 4) is 0 Å². The molecule has 0 bridgehead atoms. The lowest BCUT2D eigenvalue weighted by Gasteiger charge is -2.15. The van der Waals surface area contributed by atoms with Crippen LogP contribution in [-0.2, 0) is 9.59 Å². The van der Waals surface area contributed by atoms with E-state index >= 15 is 0 Å². The van der Waals surface area contributed by atoms with Gasteiger partial charge in [-0.1, -0.05) is 32.0 Å². The molecule has 0 saturated carbocycles. The van der Waals surface area contributed by atoms with Crippen molar-refractivity contribution in [2.75, 3.05) is 10.6 Å². The lowest BCUT2D eigenvalue weighted by Crippen LogP contribution is -2.30. The van der Waals surface area contributed by atoms with Crippen LogP contribution in [0.2, 0.25) is 0 Å². The predicted molar refractivity (Wildman–Crippen MR) is 78.8 cm³/mol. The van der Waals surface area contributed by atoms with Gasteiger partial charge in [0.25, 0.3) is 0 Å². The molecule has 0 aliphatic heterocycles. The molecule has 2 amide bonds. The van der Waals surface area contributed by atoms with E-state index in [-0.39, 0.29) is 5.95 Å². The lowest BCUT2D eigenvalue weighted by molar-refractivity contribution is -0.133. The molecule has 3 N–H and O–H groups in total. The summed E-state index contributed by atoms with van der Waals surface area (Å²) in [5, 5.41) is 11.0. The average Bonchev–Trinajstić information content (AvgIpc) is 2.99. The number of nitrogens with zero attached hydrogens (tertiary/aromatic N) is 2. The standard InChI is InChI=1S/C14H17N5O2/c1-3-9(2)10-6-4-5-7-11(10)17-12(20)13(21)18-14-15-8-16-19-14/h4-9H,3H2,1-2H3,(H,17,20)(H2,15,16,18,19,21). The van der Waals surface area contributed by atoms with Gasteiger partial charge in [0, 0.05) is 5.69 Å². The minimum absolute atomic E-state index is 0.130. The predicted octanol–water partition coefficient (Wildman–Crippen LogP) is 1.90. The molecular formula is C14H17N5O2. The molecule has 1 aromatic heterocycles. The van der Waals surface area contributed by atoms with Gasteiger partial charge in [-0.05, 0) is 24.0 Å². The molecule has 2 rings (SSSR count). The number of anilines is 2. The maximum absolute atomic E-state index is 11.9. The van der Waals surface area contributed by atoms with E-state index in [1.54, 1.807) is 6.07 Å². The van der Waals surface area contributed by atoms with Crippen molar-refractivity contribution in [2.24, 2.45) is 0 Å². The van der Waals surface area contributed by atoms with E-state index < -0.39 is 11.8 Å². The fourth-order valence-corrected chi connectivity index (χ4v) is 1.87. The quantitative estimate of drug-likeness (QED) is 0.748. The Morgan fingerprint density at radius 1 is 1.24 bits per heavy atom. The largest absolute Gasteiger partial charge is 0.318 e. The highest BCUT2D eigenvalue weighted by Gasteiger charge is 2.17. The summed E-state index contributed by atoms with van der Waals surface area (Å²) in [7, 11) is 0. The van der Waals surface area contributed by atoms with Crippen LogP contribution in [0.3, 0.4) is 0 Å². The van der Waals surface area contributed by atoms with Gasteiger partial charge in [0.2, 0.25) is 5.95 Å². The fourth-order valence-electron chi connectivity index (χ4n) is 1.87. The van der Waals surface area contributed by atoms with Crippen LogP contribution >= 0.6 is 0 Å². The van der Waals surface area contributed by atoms with Gasteiger partial charge in [-0.25, -0.2) is 5.10 Å². The van der Waals surface area contributed by atoms with E-state index in [2.05, 4.69) is 39.7 Å². The van der Waals surface area contributed by atoms with Crippen molar-refractivity contribution in [3.63, 3.8) is 0 Å². The van der Waals surface area contributed by atoms with E-state index in [0.29, 0.717) is 11.6 Å². The zero-order valence-electron chi connectivity index (χ0n) is 11.9. The number of rotatable bonds is 4. The number of aromatic amines is 1. The Kier molecular flexibility index (Phi) is 4.65. The molecule has 7 nitrogen and oxygen atoms in total. The minimum Gasteiger partial charge on any atom is -0.318 e. The highest BCUT2D eigenvalue weighted by Crippen LogP contribution is 2.26. The van der Waals surface area contributed by atoms with Crippen molar-refractivity contribution in [1.82, 2.24) is 15.2 Å². The van der Waals surface area contributed by atoms with E-state index in [9.17, 15) is 9.59 Å². The molecule has 110 valence electrons. The Morgan fingerprint density at radius 2 is 1.95 bits per heavy atom. The van der Waals surface area contributed by atoms with Crippen molar-refractivity contribution < 1.29 is 9.59 Å². The Balaban J connectivity index is 2.07. The molecule has 1 heterocycles. The molecule has 0 saturated heterocycles. The number of para-hydroxylation sites is 1. The number of H-pyrrole nitrogens is 1. The van der Waals surface area contributed by atoms with Gasteiger partial charge in [0.05, 0.1) is 0 Å². The van der Waals surface area contributed by atoms with Gasteiger partial charge < -0.3 is 5.32 Å². The summed E-state index contributed by atoms with van der Waals surface area (Å²) in [6.45, 7) is 4.14. The Bertz CT molecular complexity index is 624. The smallest absolute Gasteiger partial charge is 0.316 e. The molecule has 2 aromatic rings. The van der Waals surface area contributed by atoms with Gasteiger partial charge >= 0.3 is 11.8 Å². The second-order valence-electron chi connectivity index (χ2n) is 4.64. The molecule has 0 aliphatic rings. The lowest BCUT2D eigenvalue weighted by atomic mass is 9.97. The topological polar surface area (TPSA) is 99.8 Å². The number of carbonyl (C=O) groups excluding carboxylic acids is 2. The summed E-state index contributed by atoms with van der Waals surface area (Å²) in [5.41, 5.74) is 1.64. The molecule has 0 fully saturated rings. The monoisotopic (exact) mass is 287 g/mol. The Morgan fingerprint density at radius 3 is 2.62 bits per heavy atom. The van der Waals surface area contributed by atoms with Crippen LogP contribution in [0.1, 0.15) is 31.7 Å². The molecule has 1 atom stereocenters. The van der Waals surface area contributed by atoms with Crippen LogP contribution < -0.4 is 10.6 Å². The number of aromatic nitrogens is 3. The van der Waals surface area contributed by atoms with Crippen LogP contribution in [0.15, 0.2) is 30.6 Å². The molecule has 0 spiro atoms. The molecule has 1 aromatic carbocycles. The SMILES string of the molecule is CCC(C)c1ccccc1NC(=O)C(=O)Nc1ncn[nH]1. The fraction of sp³-hybridized carbons (Fsp3) is 0.286. The highest BCUT2D eigenvalue weighted by molar-refractivity contribution is 6.43. The third-order valence-electron chi connectivity index (χ3n) is 3.21. The first kappa shape index (κ1) is 14.7. The molecule has 21 heavy (non-hydrogen) atoms. The zero-order chi connectivity index (χ0) is 15.2. The van der Waals surface area contributed by atoms with Crippen molar-refractivity contribution in [3.05, 3.63) is 36.2 Å². The number of benzene rings is 1. The summed E-state index contributed by atoms with van der Waals surface area (Å²) in [4.78, 5) is 27.4. The highest BCUT2D eigenvalue weighted by atomic mass is 16.2. The van der Waals surface area contributed by atoms with Crippen molar-refractivity contribution in [2.45, 2.75) is 26.2 Å². The van der Waals surface area contributed by atoms with Gasteiger partial charge in [0.1, 0.15) is 6.33 Å². The summed E-state index contributed by atoms with van der Waals surface area (Å²) in [6.07, 6.45) is 2.18. The number of nitrogens with one attached hydrogen (secondary N) is 3. The van der Waals surface area contributed by atoms with Gasteiger partial charge in [0.15, 0.2) is 0 Å². The molecule has 7 heteroatoms. The minimum atomic E-state index is -0.800. The molecular weight excluding hydrogens is 270 g/mol.